The van der Waals surface area contributed by atoms with Gasteiger partial charge in [-0.05, 0) is 19.5 Å². The van der Waals surface area contributed by atoms with Crippen LogP contribution >= 0.6 is 12.8 Å². The molecule has 0 aliphatic carbocycles. The van der Waals surface area contributed by atoms with Crippen molar-refractivity contribution in [1.82, 2.24) is 19.8 Å². The van der Waals surface area contributed by atoms with Gasteiger partial charge in [0.15, 0.2) is 0 Å². The molecule has 2 N–H and O–H groups in total. The van der Waals surface area contributed by atoms with Gasteiger partial charge in [-0.15, -0.1) is 0 Å². The largest absolute Gasteiger partial charge is 0.314 e. The molecule has 16 heavy (non-hydrogen) atoms. The molecule has 1 aliphatic rings. The summed E-state index contributed by atoms with van der Waals surface area (Å²) in [7, 11) is 0. The van der Waals surface area contributed by atoms with Crippen molar-refractivity contribution in [3.05, 3.63) is 0 Å². The second kappa shape index (κ2) is 8.31. The first kappa shape index (κ1) is 14.3. The van der Waals surface area contributed by atoms with Crippen molar-refractivity contribution in [1.29, 1.82) is 0 Å². The minimum atomic E-state index is 0.610. The fraction of sp³-hybridized carbons (Fsp3) is 1.00. The Bertz CT molecular complexity index is 169. The number of hydrogen-bond acceptors (Lipinski definition) is 5. The van der Waals surface area contributed by atoms with Gasteiger partial charge in [0, 0.05) is 32.2 Å². The summed E-state index contributed by atoms with van der Waals surface area (Å²) in [5, 5.41) is 3.46. The lowest BCUT2D eigenvalue weighted by molar-refractivity contribution is 0.131. The summed E-state index contributed by atoms with van der Waals surface area (Å²) < 4.78 is 2.91. The Morgan fingerprint density at radius 3 is 2.31 bits per heavy atom. The predicted molar refractivity (Wildman–Crippen MR) is 72.8 cm³/mol. The van der Waals surface area contributed by atoms with E-state index in [1.807, 2.05) is 0 Å². The standard InChI is InChI=1S/C11H26N4S/c1-11(2)12-4-3-5-14-6-8-15(9-7-14)10-13-16/h11-13,16H,3-10H2,1-2H3. The molecule has 1 aliphatic heterocycles. The molecule has 1 rings (SSSR count). The highest BCUT2D eigenvalue weighted by atomic mass is 32.1. The van der Waals surface area contributed by atoms with Crippen molar-refractivity contribution in [2.45, 2.75) is 26.3 Å². The number of rotatable bonds is 7. The molecule has 1 fully saturated rings. The number of nitrogens with zero attached hydrogens (tertiary/aromatic N) is 2. The van der Waals surface area contributed by atoms with Gasteiger partial charge in [0.1, 0.15) is 0 Å². The van der Waals surface area contributed by atoms with Crippen LogP contribution in [0.25, 0.3) is 0 Å². The van der Waals surface area contributed by atoms with Crippen LogP contribution in [0.2, 0.25) is 0 Å². The van der Waals surface area contributed by atoms with E-state index in [0.717, 1.165) is 26.3 Å². The van der Waals surface area contributed by atoms with Gasteiger partial charge in [-0.2, -0.15) is 0 Å². The van der Waals surface area contributed by atoms with Gasteiger partial charge in [0.2, 0.25) is 0 Å². The molecule has 0 bridgehead atoms. The van der Waals surface area contributed by atoms with Crippen LogP contribution in [0.4, 0.5) is 0 Å². The van der Waals surface area contributed by atoms with Crippen LogP contribution < -0.4 is 10.0 Å². The van der Waals surface area contributed by atoms with E-state index in [2.05, 4.69) is 46.5 Å². The summed E-state index contributed by atoms with van der Waals surface area (Å²) in [4.78, 5) is 4.95. The lowest BCUT2D eigenvalue weighted by Crippen LogP contribution is -2.48. The minimum absolute atomic E-state index is 0.610. The summed E-state index contributed by atoms with van der Waals surface area (Å²) in [5.74, 6) is 0. The predicted octanol–water partition coefficient (Wildman–Crippen LogP) is 0.384. The normalized spacial score (nSPS) is 19.5. The molecular weight excluding hydrogens is 220 g/mol. The molecule has 0 atom stereocenters. The molecule has 0 aromatic carbocycles. The lowest BCUT2D eigenvalue weighted by atomic mass is 10.3. The Morgan fingerprint density at radius 2 is 1.75 bits per heavy atom. The summed E-state index contributed by atoms with van der Waals surface area (Å²) in [6.07, 6.45) is 1.25. The highest BCUT2D eigenvalue weighted by Gasteiger charge is 2.15. The van der Waals surface area contributed by atoms with Crippen LogP contribution in [0.1, 0.15) is 20.3 Å². The van der Waals surface area contributed by atoms with Crippen LogP contribution in [0, 0.1) is 0 Å². The van der Waals surface area contributed by atoms with Gasteiger partial charge < -0.3 is 10.2 Å². The van der Waals surface area contributed by atoms with Gasteiger partial charge in [-0.3, -0.25) is 9.62 Å². The fourth-order valence-electron chi connectivity index (χ4n) is 1.96. The van der Waals surface area contributed by atoms with Crippen molar-refractivity contribution >= 4 is 12.8 Å². The first-order chi connectivity index (χ1) is 7.72. The third-order valence-corrected chi connectivity index (χ3v) is 3.10. The SMILES string of the molecule is CC(C)NCCCN1CCN(CNS)CC1. The number of piperazine rings is 1. The monoisotopic (exact) mass is 246 g/mol. The van der Waals surface area contributed by atoms with E-state index in [9.17, 15) is 0 Å². The second-order valence-corrected chi connectivity index (χ2v) is 5.05. The Hall–Kier alpha value is 0.190. The van der Waals surface area contributed by atoms with Crippen molar-refractivity contribution in [3.8, 4) is 0 Å². The number of nitrogens with one attached hydrogen (secondary N) is 2. The lowest BCUT2D eigenvalue weighted by Gasteiger charge is -2.34. The molecule has 0 radical (unpaired) electrons. The first-order valence-electron chi connectivity index (χ1n) is 6.27. The van der Waals surface area contributed by atoms with Crippen LogP contribution in [-0.2, 0) is 0 Å². The quantitative estimate of drug-likeness (QED) is 0.448. The maximum atomic E-state index is 4.03. The molecule has 0 spiro atoms. The van der Waals surface area contributed by atoms with E-state index in [1.54, 1.807) is 0 Å². The zero-order valence-electron chi connectivity index (χ0n) is 10.6. The van der Waals surface area contributed by atoms with Crippen LogP contribution in [0.3, 0.4) is 0 Å². The van der Waals surface area contributed by atoms with E-state index in [0.29, 0.717) is 6.04 Å². The van der Waals surface area contributed by atoms with Gasteiger partial charge in [-0.1, -0.05) is 26.7 Å². The summed E-state index contributed by atoms with van der Waals surface area (Å²) in [6.45, 7) is 12.3. The molecular formula is C11H26N4S. The molecule has 5 heteroatoms. The number of thiol groups is 1. The van der Waals surface area contributed by atoms with Crippen molar-refractivity contribution in [3.63, 3.8) is 0 Å². The smallest absolute Gasteiger partial charge is 0.0575 e. The highest BCUT2D eigenvalue weighted by Crippen LogP contribution is 2.01. The van der Waals surface area contributed by atoms with Crippen molar-refractivity contribution in [2.24, 2.45) is 0 Å². The molecule has 0 aromatic rings. The van der Waals surface area contributed by atoms with Gasteiger partial charge in [-0.25, -0.2) is 0 Å². The van der Waals surface area contributed by atoms with E-state index in [-0.39, 0.29) is 0 Å². The second-order valence-electron chi connectivity index (χ2n) is 4.74. The maximum Gasteiger partial charge on any atom is 0.0575 e. The Morgan fingerprint density at radius 1 is 1.12 bits per heavy atom. The Labute approximate surface area is 105 Å². The molecule has 0 saturated carbocycles. The average molecular weight is 246 g/mol. The van der Waals surface area contributed by atoms with E-state index in [4.69, 9.17) is 0 Å². The third kappa shape index (κ3) is 6.06. The van der Waals surface area contributed by atoms with Crippen molar-refractivity contribution in [2.75, 3.05) is 45.9 Å². The minimum Gasteiger partial charge on any atom is -0.314 e. The molecule has 4 nitrogen and oxygen atoms in total. The van der Waals surface area contributed by atoms with Crippen LogP contribution in [0.5, 0.6) is 0 Å². The molecule has 1 saturated heterocycles. The molecule has 0 aromatic heterocycles. The Kier molecular flexibility index (Phi) is 7.40. The summed E-state index contributed by atoms with van der Waals surface area (Å²) in [5.41, 5.74) is 0. The summed E-state index contributed by atoms with van der Waals surface area (Å²) in [6, 6.07) is 0.610. The van der Waals surface area contributed by atoms with Gasteiger partial charge in [0.05, 0.1) is 6.67 Å². The van der Waals surface area contributed by atoms with Crippen LogP contribution in [0.15, 0.2) is 0 Å². The maximum absolute atomic E-state index is 4.03. The van der Waals surface area contributed by atoms with E-state index < -0.39 is 0 Å². The number of hydrogen-bond donors (Lipinski definition) is 3. The molecule has 1 heterocycles. The summed E-state index contributed by atoms with van der Waals surface area (Å²) >= 11 is 4.03. The zero-order valence-corrected chi connectivity index (χ0v) is 11.5. The van der Waals surface area contributed by atoms with Crippen LogP contribution in [-0.4, -0.2) is 61.8 Å². The average Bonchev–Trinajstić information content (AvgIpc) is 2.27. The highest BCUT2D eigenvalue weighted by molar-refractivity contribution is 7.78. The van der Waals surface area contributed by atoms with Gasteiger partial charge in [0.25, 0.3) is 0 Å². The van der Waals surface area contributed by atoms with Crippen molar-refractivity contribution < 1.29 is 0 Å². The topological polar surface area (TPSA) is 30.5 Å². The third-order valence-electron chi connectivity index (χ3n) is 2.96. The molecule has 0 amide bonds. The Balaban J connectivity index is 1.99. The zero-order chi connectivity index (χ0) is 11.8. The van der Waals surface area contributed by atoms with E-state index in [1.165, 1.54) is 26.1 Å². The molecule has 0 unspecified atom stereocenters. The fourth-order valence-corrected chi connectivity index (χ4v) is 2.16. The van der Waals surface area contributed by atoms with Gasteiger partial charge >= 0.3 is 0 Å². The molecule has 96 valence electrons. The van der Waals surface area contributed by atoms with E-state index >= 15 is 0 Å². The first-order valence-corrected chi connectivity index (χ1v) is 6.72.